The van der Waals surface area contributed by atoms with Crippen molar-refractivity contribution in [1.82, 2.24) is 10.2 Å². The molecule has 0 aromatic heterocycles. The Morgan fingerprint density at radius 1 is 1.07 bits per heavy atom. The van der Waals surface area contributed by atoms with E-state index in [1.165, 1.54) is 47.1 Å². The molecule has 2 aromatic carbocycles. The summed E-state index contributed by atoms with van der Waals surface area (Å²) in [6.45, 7) is 2.43. The molecule has 2 aliphatic rings. The number of piperazine rings is 1. The van der Waals surface area contributed by atoms with Crippen LogP contribution in [0, 0.1) is 5.82 Å². The molecule has 0 radical (unpaired) electrons. The van der Waals surface area contributed by atoms with E-state index in [2.05, 4.69) is 10.6 Å². The molecular formula is C27H31FN6O7. The highest BCUT2D eigenvalue weighted by molar-refractivity contribution is 5.94. The van der Waals surface area contributed by atoms with Crippen molar-refractivity contribution < 1.29 is 37.8 Å². The van der Waals surface area contributed by atoms with Gasteiger partial charge in [-0.25, -0.2) is 14.0 Å². The first-order chi connectivity index (χ1) is 19.6. The van der Waals surface area contributed by atoms with Crippen molar-refractivity contribution in [1.29, 1.82) is 0 Å². The quantitative estimate of drug-likeness (QED) is 0.368. The fourth-order valence-electron chi connectivity index (χ4n) is 4.42. The highest BCUT2D eigenvalue weighted by atomic mass is 19.1. The van der Waals surface area contributed by atoms with Gasteiger partial charge in [0.15, 0.2) is 6.61 Å². The lowest BCUT2D eigenvalue weighted by atomic mass is 10.2. The topological polar surface area (TPSA) is 164 Å². The van der Waals surface area contributed by atoms with Crippen LogP contribution < -0.4 is 26.2 Å². The Bertz CT molecular complexity index is 1310. The molecule has 2 fully saturated rings. The van der Waals surface area contributed by atoms with Crippen molar-refractivity contribution in [2.24, 2.45) is 5.73 Å². The molecule has 41 heavy (non-hydrogen) atoms. The van der Waals surface area contributed by atoms with Crippen LogP contribution in [0.25, 0.3) is 0 Å². The maximum Gasteiger partial charge on any atom is 0.414 e. The van der Waals surface area contributed by atoms with Gasteiger partial charge in [-0.05, 0) is 42.5 Å². The van der Waals surface area contributed by atoms with Gasteiger partial charge in [0.2, 0.25) is 11.8 Å². The molecule has 218 valence electrons. The van der Waals surface area contributed by atoms with Gasteiger partial charge < -0.3 is 35.6 Å². The summed E-state index contributed by atoms with van der Waals surface area (Å²) in [5, 5.41) is 5.15. The summed E-state index contributed by atoms with van der Waals surface area (Å²) in [5.41, 5.74) is 6.62. The monoisotopic (exact) mass is 570 g/mol. The van der Waals surface area contributed by atoms with E-state index in [1.807, 2.05) is 0 Å². The molecular weight excluding hydrogens is 539 g/mol. The summed E-state index contributed by atoms with van der Waals surface area (Å²) in [6, 6.07) is 10.4. The maximum atomic E-state index is 15.1. The first-order valence-corrected chi connectivity index (χ1v) is 13.0. The molecule has 4 rings (SSSR count). The van der Waals surface area contributed by atoms with Crippen molar-refractivity contribution in [2.45, 2.75) is 13.0 Å². The van der Waals surface area contributed by atoms with Gasteiger partial charge in [-0.1, -0.05) is 0 Å². The fourth-order valence-corrected chi connectivity index (χ4v) is 4.42. The lowest BCUT2D eigenvalue weighted by Crippen LogP contribution is -2.50. The fraction of sp³-hybridized carbons (Fsp3) is 0.370. The zero-order valence-corrected chi connectivity index (χ0v) is 22.4. The number of esters is 1. The zero-order chi connectivity index (χ0) is 29.5. The van der Waals surface area contributed by atoms with Crippen molar-refractivity contribution in [3.05, 3.63) is 53.8 Å². The second-order valence-electron chi connectivity index (χ2n) is 9.46. The summed E-state index contributed by atoms with van der Waals surface area (Å²) in [4.78, 5) is 64.3. The number of nitrogens with two attached hydrogens (primary N) is 1. The first-order valence-electron chi connectivity index (χ1n) is 13.0. The van der Waals surface area contributed by atoms with Gasteiger partial charge in [0, 0.05) is 38.8 Å². The third-order valence-corrected chi connectivity index (χ3v) is 6.59. The molecule has 2 aliphatic heterocycles. The van der Waals surface area contributed by atoms with Crippen LogP contribution in [0.3, 0.4) is 0 Å². The van der Waals surface area contributed by atoms with Crippen LogP contribution in [0.1, 0.15) is 17.3 Å². The molecule has 2 heterocycles. The molecule has 2 aromatic rings. The van der Waals surface area contributed by atoms with E-state index in [9.17, 15) is 24.0 Å². The molecule has 0 saturated carbocycles. The lowest BCUT2D eigenvalue weighted by molar-refractivity contribution is -0.134. The van der Waals surface area contributed by atoms with Crippen molar-refractivity contribution in [3.8, 4) is 0 Å². The zero-order valence-electron chi connectivity index (χ0n) is 22.4. The number of carbonyl (C=O) groups excluding carboxylic acids is 5. The Hall–Kier alpha value is -4.72. The average Bonchev–Trinajstić information content (AvgIpc) is 3.35. The van der Waals surface area contributed by atoms with Gasteiger partial charge in [0.05, 0.1) is 36.6 Å². The number of hydrogen-bond acceptors (Lipinski definition) is 9. The molecule has 0 bridgehead atoms. The number of carbonyl (C=O) groups is 5. The van der Waals surface area contributed by atoms with E-state index in [-0.39, 0.29) is 42.9 Å². The Morgan fingerprint density at radius 2 is 1.78 bits per heavy atom. The molecule has 14 heteroatoms. The summed E-state index contributed by atoms with van der Waals surface area (Å²) >= 11 is 0. The summed E-state index contributed by atoms with van der Waals surface area (Å²) in [5.74, 6) is -2.19. The standard InChI is InChI=1S/C27H31FN6O7/c1-17(35)30-14-21-15-34(27(39)41-21)20-6-7-23(22(28)12-20)32-8-10-33(11-9-32)25(37)16-40-26(38)18-2-4-19(5-3-18)31-24(36)13-29/h2-7,12,21H,8-11,13-16,29H2,1H3,(H,30,35)(H,31,36). The minimum Gasteiger partial charge on any atom is -0.452 e. The lowest BCUT2D eigenvalue weighted by Gasteiger charge is -2.36. The Kier molecular flexibility index (Phi) is 9.34. The maximum absolute atomic E-state index is 15.1. The summed E-state index contributed by atoms with van der Waals surface area (Å²) in [7, 11) is 0. The number of cyclic esters (lactones) is 1. The molecule has 13 nitrogen and oxygen atoms in total. The molecule has 1 atom stereocenters. The predicted octanol–water partition coefficient (Wildman–Crippen LogP) is 0.690. The predicted molar refractivity (Wildman–Crippen MR) is 146 cm³/mol. The van der Waals surface area contributed by atoms with Crippen LogP contribution in [-0.4, -0.2) is 93.2 Å². The normalized spacial score (nSPS) is 16.7. The largest absolute Gasteiger partial charge is 0.452 e. The number of benzene rings is 2. The first kappa shape index (κ1) is 29.3. The minimum atomic E-state index is -0.681. The highest BCUT2D eigenvalue weighted by Gasteiger charge is 2.33. The van der Waals surface area contributed by atoms with Crippen LogP contribution in [0.15, 0.2) is 42.5 Å². The summed E-state index contributed by atoms with van der Waals surface area (Å²) < 4.78 is 25.4. The SMILES string of the molecule is CC(=O)NCC1CN(c2ccc(N3CCN(C(=O)COC(=O)c4ccc(NC(=O)CN)cc4)CC3)c(F)c2)C(=O)O1. The van der Waals surface area contributed by atoms with Gasteiger partial charge in [-0.2, -0.15) is 0 Å². The van der Waals surface area contributed by atoms with E-state index in [0.717, 1.165) is 0 Å². The van der Waals surface area contributed by atoms with Gasteiger partial charge in [0.1, 0.15) is 11.9 Å². The van der Waals surface area contributed by atoms with Crippen molar-refractivity contribution >= 4 is 46.8 Å². The van der Waals surface area contributed by atoms with E-state index < -0.39 is 30.6 Å². The Labute approximate surface area is 235 Å². The van der Waals surface area contributed by atoms with Crippen molar-refractivity contribution in [3.63, 3.8) is 0 Å². The van der Waals surface area contributed by atoms with Gasteiger partial charge in [-0.3, -0.25) is 19.3 Å². The number of ether oxygens (including phenoxy) is 2. The number of anilines is 3. The van der Waals surface area contributed by atoms with Gasteiger partial charge in [-0.15, -0.1) is 0 Å². The van der Waals surface area contributed by atoms with Crippen LogP contribution in [-0.2, 0) is 23.9 Å². The van der Waals surface area contributed by atoms with Crippen LogP contribution >= 0.6 is 0 Å². The number of rotatable bonds is 9. The van der Waals surface area contributed by atoms with Gasteiger partial charge >= 0.3 is 12.1 Å². The summed E-state index contributed by atoms with van der Waals surface area (Å²) in [6.07, 6.45) is -1.15. The molecule has 2 saturated heterocycles. The Balaban J connectivity index is 1.25. The van der Waals surface area contributed by atoms with Gasteiger partial charge in [0.25, 0.3) is 5.91 Å². The molecule has 4 N–H and O–H groups in total. The third kappa shape index (κ3) is 7.48. The number of halogens is 1. The van der Waals surface area contributed by atoms with E-state index in [1.54, 1.807) is 17.0 Å². The third-order valence-electron chi connectivity index (χ3n) is 6.59. The van der Waals surface area contributed by atoms with Crippen LogP contribution in [0.4, 0.5) is 26.2 Å². The highest BCUT2D eigenvalue weighted by Crippen LogP contribution is 2.28. The second-order valence-corrected chi connectivity index (χ2v) is 9.46. The average molecular weight is 571 g/mol. The smallest absolute Gasteiger partial charge is 0.414 e. The second kappa shape index (κ2) is 13.1. The molecule has 4 amide bonds. The molecule has 0 aliphatic carbocycles. The van der Waals surface area contributed by atoms with E-state index in [0.29, 0.717) is 43.2 Å². The molecule has 1 unspecified atom stereocenters. The minimum absolute atomic E-state index is 0.165. The van der Waals surface area contributed by atoms with Crippen LogP contribution in [0.2, 0.25) is 0 Å². The van der Waals surface area contributed by atoms with Crippen molar-refractivity contribution in [2.75, 3.05) is 67.5 Å². The number of nitrogens with one attached hydrogen (secondary N) is 2. The van der Waals surface area contributed by atoms with E-state index >= 15 is 4.39 Å². The Morgan fingerprint density at radius 3 is 2.41 bits per heavy atom. The number of nitrogens with zero attached hydrogens (tertiary/aromatic N) is 3. The van der Waals surface area contributed by atoms with E-state index in [4.69, 9.17) is 15.2 Å². The number of hydrogen-bond donors (Lipinski definition) is 3. The molecule has 0 spiro atoms. The van der Waals surface area contributed by atoms with Crippen LogP contribution in [0.5, 0.6) is 0 Å². The number of amides is 4.